The number of nitrogens with zero attached hydrogens (tertiary/aromatic N) is 1. The van der Waals surface area contributed by atoms with Crippen molar-refractivity contribution in [3.05, 3.63) is 107 Å². The summed E-state index contributed by atoms with van der Waals surface area (Å²) in [6.07, 6.45) is 2.89. The minimum absolute atomic E-state index is 0. The number of aryl methyl sites for hydroxylation is 2. The van der Waals surface area contributed by atoms with E-state index in [0.29, 0.717) is 35.5 Å². The van der Waals surface area contributed by atoms with Crippen molar-refractivity contribution in [2.75, 3.05) is 6.26 Å². The van der Waals surface area contributed by atoms with Gasteiger partial charge in [-0.05, 0) is 89.4 Å². The second-order valence-electron chi connectivity index (χ2n) is 12.3. The largest absolute Gasteiger partial charge is 0.504 e. The van der Waals surface area contributed by atoms with E-state index in [4.69, 9.17) is 51.9 Å². The van der Waals surface area contributed by atoms with Crippen molar-refractivity contribution in [2.24, 2.45) is 0 Å². The third-order valence-corrected chi connectivity index (χ3v) is 10.9. The molecule has 0 atom stereocenters. The number of sulfone groups is 1. The summed E-state index contributed by atoms with van der Waals surface area (Å²) in [4.78, 5) is 59.8. The standard InChI is InChI=1S/C8H7BrO3.C8H7ClO3.C8H8O5S.C7H5NO5.C7H6O6S.4CH4/c2*1-4-2-5(3-10)6(9)8(12)7(4)11;1-14(12,13)7-3-5(4-9)2-6(10)8(7)11;9-3-4-1-2-5(10)7(11)6(4)8(12)13;8-3-4-1-5(9)7(10)6(2-4)14(11,12)13;;;;/h2*2-3,11-12H,1H3;2-4,10-11H,1H3;1-3,10-11H;1-3,9-10H,(H,11,12,13);4*1H4. The molecule has 0 spiro atoms. The summed E-state index contributed by atoms with van der Waals surface area (Å²) in [6.45, 7) is 3.17. The lowest BCUT2D eigenvalue weighted by atomic mass is 10.1. The molecule has 0 radical (unpaired) electrons. The molecule has 0 saturated heterocycles. The first-order valence-electron chi connectivity index (χ1n) is 16.6. The summed E-state index contributed by atoms with van der Waals surface area (Å²) in [5.74, 6) is -5.89. The number of carbonyl (C=O) groups is 5. The Morgan fingerprint density at radius 2 is 0.928 bits per heavy atom. The maximum Gasteiger partial charge on any atom is 0.325 e. The molecular formula is C42H49BrClNO22S2. The smallest absolute Gasteiger partial charge is 0.325 e. The van der Waals surface area contributed by atoms with Gasteiger partial charge >= 0.3 is 5.69 Å². The van der Waals surface area contributed by atoms with E-state index in [-0.39, 0.29) is 91.3 Å². The van der Waals surface area contributed by atoms with Crippen LogP contribution in [0, 0.1) is 24.0 Å². The molecule has 0 fully saturated rings. The second-order valence-corrected chi connectivity index (χ2v) is 16.9. The zero-order valence-electron chi connectivity index (χ0n) is 32.9. The normalized spacial score (nSPS) is 9.77. The first-order chi connectivity index (χ1) is 29.9. The third kappa shape index (κ3) is 17.9. The number of hydrogen-bond acceptors (Lipinski definition) is 21. The van der Waals surface area contributed by atoms with Gasteiger partial charge in [-0.3, -0.25) is 38.6 Å². The molecule has 5 aromatic rings. The molecule has 69 heavy (non-hydrogen) atoms. The highest BCUT2D eigenvalue weighted by Gasteiger charge is 2.23. The molecule has 0 aliphatic heterocycles. The zero-order valence-corrected chi connectivity index (χ0v) is 36.9. The van der Waals surface area contributed by atoms with Gasteiger partial charge in [-0.2, -0.15) is 8.42 Å². The molecule has 0 unspecified atom stereocenters. The van der Waals surface area contributed by atoms with E-state index in [1.54, 1.807) is 13.8 Å². The Labute approximate surface area is 408 Å². The lowest BCUT2D eigenvalue weighted by Gasteiger charge is -2.05. The maximum atomic E-state index is 11.1. The Morgan fingerprint density at radius 1 is 0.536 bits per heavy atom. The van der Waals surface area contributed by atoms with Gasteiger partial charge in [-0.15, -0.1) is 0 Å². The molecule has 27 heteroatoms. The van der Waals surface area contributed by atoms with Crippen LogP contribution in [0.25, 0.3) is 0 Å². The monoisotopic (exact) mass is 1100 g/mol. The zero-order chi connectivity index (χ0) is 50.5. The molecule has 11 N–H and O–H groups in total. The second kappa shape index (κ2) is 28.6. The minimum Gasteiger partial charge on any atom is -0.504 e. The molecule has 23 nitrogen and oxygen atoms in total. The van der Waals surface area contributed by atoms with Crippen LogP contribution in [0.1, 0.15) is 92.6 Å². The number of phenols is 10. The lowest BCUT2D eigenvalue weighted by molar-refractivity contribution is -0.386. The van der Waals surface area contributed by atoms with Gasteiger partial charge in [-0.25, -0.2) is 8.42 Å². The van der Waals surface area contributed by atoms with Crippen LogP contribution in [0.2, 0.25) is 5.02 Å². The number of aromatic hydroxyl groups is 10. The Morgan fingerprint density at radius 3 is 1.30 bits per heavy atom. The van der Waals surface area contributed by atoms with Crippen LogP contribution < -0.4 is 0 Å². The summed E-state index contributed by atoms with van der Waals surface area (Å²) >= 11 is 8.51. The van der Waals surface area contributed by atoms with Gasteiger partial charge in [0, 0.05) is 28.5 Å². The van der Waals surface area contributed by atoms with Gasteiger partial charge in [0.25, 0.3) is 10.1 Å². The third-order valence-electron chi connectivity index (χ3n) is 7.69. The van der Waals surface area contributed by atoms with E-state index in [0.717, 1.165) is 42.7 Å². The fourth-order valence-corrected chi connectivity index (χ4v) is 6.50. The fourth-order valence-electron chi connectivity index (χ4n) is 4.47. The summed E-state index contributed by atoms with van der Waals surface area (Å²) in [5.41, 5.74) is 0.132. The summed E-state index contributed by atoms with van der Waals surface area (Å²) in [7, 11) is -8.31. The van der Waals surface area contributed by atoms with Crippen LogP contribution in [0.3, 0.4) is 0 Å². The Bertz CT molecular complexity index is 2750. The van der Waals surface area contributed by atoms with Crippen molar-refractivity contribution in [2.45, 2.75) is 53.3 Å². The summed E-state index contributed by atoms with van der Waals surface area (Å²) < 4.78 is 52.3. The van der Waals surface area contributed by atoms with Crippen molar-refractivity contribution >= 4 is 84.6 Å². The highest BCUT2D eigenvalue weighted by molar-refractivity contribution is 9.10. The summed E-state index contributed by atoms with van der Waals surface area (Å²) in [5, 5.41) is 101. The van der Waals surface area contributed by atoms with Crippen LogP contribution in [-0.4, -0.2) is 115 Å². The maximum absolute atomic E-state index is 11.1. The number of phenolic OH excluding ortho intramolecular Hbond substituents is 10. The molecule has 5 rings (SSSR count). The van der Waals surface area contributed by atoms with Gasteiger partial charge in [0.15, 0.2) is 80.4 Å². The first kappa shape index (κ1) is 68.1. The van der Waals surface area contributed by atoms with E-state index in [1.165, 1.54) is 12.1 Å². The number of hydrogen-bond donors (Lipinski definition) is 11. The van der Waals surface area contributed by atoms with Crippen LogP contribution in [0.4, 0.5) is 5.69 Å². The predicted molar refractivity (Wildman–Crippen MR) is 254 cm³/mol. The molecule has 0 aliphatic rings. The van der Waals surface area contributed by atoms with Crippen molar-refractivity contribution in [1.29, 1.82) is 0 Å². The number of aldehydes is 5. The van der Waals surface area contributed by atoms with Gasteiger partial charge in [0.05, 0.1) is 20.0 Å². The van der Waals surface area contributed by atoms with Crippen LogP contribution in [-0.2, 0) is 20.0 Å². The van der Waals surface area contributed by atoms with E-state index >= 15 is 0 Å². The van der Waals surface area contributed by atoms with E-state index in [9.17, 15) is 66.2 Å². The Kier molecular flexibility index (Phi) is 28.2. The predicted octanol–water partition coefficient (Wildman–Crippen LogP) is 7.69. The van der Waals surface area contributed by atoms with Crippen molar-refractivity contribution < 1.29 is 101 Å². The van der Waals surface area contributed by atoms with E-state index < -0.39 is 80.6 Å². The SMILES string of the molecule is C.C.C.C.CS(=O)(=O)c1cc(C=O)cc(O)c1O.Cc1cc(C=O)c(Br)c(O)c1O.Cc1cc(C=O)c(Cl)c(O)c1O.O=Cc1cc(O)c(O)c(S(=O)(=O)O)c1.O=Cc1ccc(O)c(O)c1[N+](=O)[O-]. The molecule has 0 amide bonds. The van der Waals surface area contributed by atoms with E-state index in [2.05, 4.69) is 15.9 Å². The average Bonchev–Trinajstić information content (AvgIpc) is 3.24. The summed E-state index contributed by atoms with van der Waals surface area (Å²) in [6, 6.07) is 8.56. The van der Waals surface area contributed by atoms with E-state index in [1.807, 2.05) is 0 Å². The van der Waals surface area contributed by atoms with Gasteiger partial charge in [0.1, 0.15) is 22.4 Å². The molecule has 0 aromatic heterocycles. The molecule has 5 aromatic carbocycles. The topological polar surface area (TPSA) is 419 Å². The number of rotatable bonds is 8. The molecule has 0 aliphatic carbocycles. The average molecular weight is 1100 g/mol. The van der Waals surface area contributed by atoms with Crippen molar-refractivity contribution in [1.82, 2.24) is 0 Å². The number of nitro benzene ring substituents is 1. The first-order valence-corrected chi connectivity index (χ1v) is 21.1. The van der Waals surface area contributed by atoms with Crippen LogP contribution in [0.5, 0.6) is 57.5 Å². The molecule has 0 bridgehead atoms. The highest BCUT2D eigenvalue weighted by Crippen LogP contribution is 2.40. The van der Waals surface area contributed by atoms with Crippen molar-refractivity contribution in [3.63, 3.8) is 0 Å². The molecule has 380 valence electrons. The number of carbonyl (C=O) groups excluding carboxylic acids is 5. The van der Waals surface area contributed by atoms with Crippen LogP contribution >= 0.6 is 27.5 Å². The molecular weight excluding hydrogens is 1050 g/mol. The van der Waals surface area contributed by atoms with Crippen LogP contribution in [0.15, 0.2) is 62.8 Å². The highest BCUT2D eigenvalue weighted by atomic mass is 79.9. The van der Waals surface area contributed by atoms with Gasteiger partial charge in [0.2, 0.25) is 5.75 Å². The minimum atomic E-state index is -4.66. The molecule has 0 saturated carbocycles. The quantitative estimate of drug-likeness (QED) is 0.0233. The van der Waals surface area contributed by atoms with Gasteiger partial charge in [-0.1, -0.05) is 41.3 Å². The number of halogens is 2. The van der Waals surface area contributed by atoms with Crippen molar-refractivity contribution in [3.8, 4) is 57.5 Å². The lowest BCUT2D eigenvalue weighted by Crippen LogP contribution is -1.99. The fraction of sp³-hybridized carbons (Fsp3) is 0.167. The Hall–Kier alpha value is -7.52. The molecule has 0 heterocycles. The number of benzene rings is 5. The van der Waals surface area contributed by atoms with Gasteiger partial charge < -0.3 is 51.1 Å². The number of nitro groups is 1. The Balaban J connectivity index is -0.000000378.